The molecule has 0 amide bonds. The van der Waals surface area contributed by atoms with Crippen LogP contribution in [0.3, 0.4) is 0 Å². The number of ether oxygens (including phenoxy) is 1. The molecule has 0 saturated heterocycles. The molecule has 0 aromatic heterocycles. The fraction of sp³-hybridized carbons (Fsp3) is 0.0769. The Kier molecular flexibility index (Phi) is 3.70. The summed E-state index contributed by atoms with van der Waals surface area (Å²) in [5.41, 5.74) is 2.30. The third-order valence-electron chi connectivity index (χ3n) is 2.34. The van der Waals surface area contributed by atoms with Crippen molar-refractivity contribution in [2.45, 2.75) is 0 Å². The van der Waals surface area contributed by atoms with E-state index in [9.17, 15) is 0 Å². The molecule has 0 aliphatic heterocycles. The second-order valence-electron chi connectivity index (χ2n) is 3.35. The van der Waals surface area contributed by atoms with Crippen LogP contribution in [0.1, 0.15) is 0 Å². The summed E-state index contributed by atoms with van der Waals surface area (Å²) in [4.78, 5) is 0. The van der Waals surface area contributed by atoms with E-state index in [1.165, 1.54) is 0 Å². The van der Waals surface area contributed by atoms with Crippen LogP contribution in [-0.4, -0.2) is 23.1 Å². The zero-order valence-corrected chi connectivity index (χ0v) is 12.0. The minimum atomic E-state index is 0.870. The van der Waals surface area contributed by atoms with Crippen molar-refractivity contribution in [1.82, 2.24) is 0 Å². The van der Waals surface area contributed by atoms with Crippen LogP contribution in [0.4, 0.5) is 0 Å². The van der Waals surface area contributed by atoms with Crippen molar-refractivity contribution in [2.75, 3.05) is 7.11 Å². The van der Waals surface area contributed by atoms with Crippen molar-refractivity contribution in [1.29, 1.82) is 0 Å². The second-order valence-corrected chi connectivity index (χ2v) is 5.07. The van der Waals surface area contributed by atoms with E-state index < -0.39 is 0 Å². The van der Waals surface area contributed by atoms with Crippen LogP contribution in [0, 0.1) is 0 Å². The first-order valence-corrected chi connectivity index (χ1v) is 6.47. The van der Waals surface area contributed by atoms with E-state index in [-0.39, 0.29) is 0 Å². The molecule has 2 aromatic rings. The van der Waals surface area contributed by atoms with Crippen LogP contribution in [-0.2, 0) is 0 Å². The average Bonchev–Trinajstić information content (AvgIpc) is 2.33. The molecule has 0 heterocycles. The molecule has 16 heavy (non-hydrogen) atoms. The number of benzene rings is 2. The number of methoxy groups -OCH3 is 1. The molecule has 0 fully saturated rings. The fourth-order valence-corrected chi connectivity index (χ4v) is 2.41. The van der Waals surface area contributed by atoms with E-state index in [1.807, 2.05) is 30.3 Å². The van der Waals surface area contributed by atoms with Crippen molar-refractivity contribution in [2.24, 2.45) is 0 Å². The van der Waals surface area contributed by atoms with Crippen molar-refractivity contribution in [3.63, 3.8) is 0 Å². The van der Waals surface area contributed by atoms with E-state index in [0.717, 1.165) is 25.8 Å². The summed E-state index contributed by atoms with van der Waals surface area (Å²) >= 11 is 6.62. The van der Waals surface area contributed by atoms with Crippen molar-refractivity contribution in [3.8, 4) is 16.9 Å². The van der Waals surface area contributed by atoms with Gasteiger partial charge in [-0.1, -0.05) is 0 Å². The van der Waals surface area contributed by atoms with E-state index >= 15 is 0 Å². The van der Waals surface area contributed by atoms with Crippen LogP contribution < -0.4 is 9.20 Å². The molecule has 3 heteroatoms. The Morgan fingerprint density at radius 1 is 1.12 bits per heavy atom. The molecule has 0 unspecified atom stereocenters. The first-order chi connectivity index (χ1) is 7.72. The Morgan fingerprint density at radius 2 is 1.88 bits per heavy atom. The molecule has 0 aliphatic rings. The topological polar surface area (TPSA) is 9.23 Å². The predicted molar refractivity (Wildman–Crippen MR) is 71.5 cm³/mol. The summed E-state index contributed by atoms with van der Waals surface area (Å²) in [5, 5.41) is 0. The maximum atomic E-state index is 5.22. The SMILES string of the molecule is COc1cccc(-c2cccc([Se])c2Br)c1. The monoisotopic (exact) mass is 341 g/mol. The normalized spacial score (nSPS) is 10.1. The summed E-state index contributed by atoms with van der Waals surface area (Å²) < 4.78 is 7.42. The first kappa shape index (κ1) is 11.7. The minimum absolute atomic E-state index is 0.870. The van der Waals surface area contributed by atoms with Crippen molar-refractivity contribution < 1.29 is 4.74 Å². The van der Waals surface area contributed by atoms with Gasteiger partial charge in [-0.3, -0.25) is 0 Å². The number of hydrogen-bond acceptors (Lipinski definition) is 1. The summed E-state index contributed by atoms with van der Waals surface area (Å²) in [6.45, 7) is 0. The van der Waals surface area contributed by atoms with Gasteiger partial charge in [0.2, 0.25) is 0 Å². The Morgan fingerprint density at radius 3 is 2.62 bits per heavy atom. The molecular formula is C13H10BrOSe. The van der Waals surface area contributed by atoms with Gasteiger partial charge >= 0.3 is 112 Å². The van der Waals surface area contributed by atoms with E-state index in [0.29, 0.717) is 0 Å². The number of rotatable bonds is 2. The third-order valence-corrected chi connectivity index (χ3v) is 4.50. The summed E-state index contributed by atoms with van der Waals surface area (Å²) in [7, 11) is 1.68. The first-order valence-electron chi connectivity index (χ1n) is 4.82. The fourth-order valence-electron chi connectivity index (χ4n) is 1.52. The van der Waals surface area contributed by atoms with Crippen LogP contribution in [0.2, 0.25) is 0 Å². The van der Waals surface area contributed by atoms with E-state index in [1.54, 1.807) is 7.11 Å². The van der Waals surface area contributed by atoms with Crippen molar-refractivity contribution >= 4 is 36.4 Å². The standard InChI is InChI=1S/C13H10BrOSe/c1-15-10-5-2-4-9(8-10)11-6-3-7-12(16)13(11)14/h2-8H,1H3. The van der Waals surface area contributed by atoms with Gasteiger partial charge in [0.1, 0.15) is 0 Å². The van der Waals surface area contributed by atoms with Gasteiger partial charge in [-0.05, 0) is 0 Å². The summed E-state index contributed by atoms with van der Waals surface area (Å²) in [6.07, 6.45) is 0. The summed E-state index contributed by atoms with van der Waals surface area (Å²) in [5.74, 6) is 0.870. The zero-order chi connectivity index (χ0) is 11.5. The van der Waals surface area contributed by atoms with Crippen LogP contribution in [0.15, 0.2) is 46.9 Å². The number of halogens is 1. The van der Waals surface area contributed by atoms with Gasteiger partial charge < -0.3 is 0 Å². The molecule has 1 nitrogen and oxygen atoms in total. The molecule has 2 rings (SSSR count). The van der Waals surface area contributed by atoms with Crippen molar-refractivity contribution in [3.05, 3.63) is 46.9 Å². The molecule has 0 saturated carbocycles. The molecule has 0 aliphatic carbocycles. The van der Waals surface area contributed by atoms with Gasteiger partial charge in [-0.2, -0.15) is 0 Å². The molecule has 0 atom stereocenters. The molecule has 1 radical (unpaired) electrons. The van der Waals surface area contributed by atoms with E-state index in [2.05, 4.69) is 44.1 Å². The van der Waals surface area contributed by atoms with Gasteiger partial charge in [0, 0.05) is 0 Å². The molecule has 0 spiro atoms. The Balaban J connectivity index is 2.54. The Labute approximate surface area is 112 Å². The molecular weight excluding hydrogens is 331 g/mol. The summed E-state index contributed by atoms with van der Waals surface area (Å²) in [6, 6.07) is 14.2. The average molecular weight is 341 g/mol. The molecule has 0 bridgehead atoms. The Bertz CT molecular complexity index is 511. The van der Waals surface area contributed by atoms with Gasteiger partial charge in [0.05, 0.1) is 0 Å². The van der Waals surface area contributed by atoms with Gasteiger partial charge in [-0.25, -0.2) is 0 Å². The molecule has 2 aromatic carbocycles. The third kappa shape index (κ3) is 2.32. The van der Waals surface area contributed by atoms with Gasteiger partial charge in [0.15, 0.2) is 0 Å². The van der Waals surface area contributed by atoms with Gasteiger partial charge in [0.25, 0.3) is 0 Å². The quantitative estimate of drug-likeness (QED) is 0.764. The van der Waals surface area contributed by atoms with Gasteiger partial charge in [-0.15, -0.1) is 0 Å². The number of hydrogen-bond donors (Lipinski definition) is 0. The molecule has 0 N–H and O–H groups in total. The second kappa shape index (κ2) is 5.05. The molecule has 81 valence electrons. The zero-order valence-electron chi connectivity index (χ0n) is 8.74. The van der Waals surface area contributed by atoms with Crippen LogP contribution >= 0.6 is 15.9 Å². The Hall–Kier alpha value is -0.761. The van der Waals surface area contributed by atoms with E-state index in [4.69, 9.17) is 4.74 Å². The van der Waals surface area contributed by atoms with Crippen LogP contribution in [0.25, 0.3) is 11.1 Å². The predicted octanol–water partition coefficient (Wildman–Crippen LogP) is 2.92. The van der Waals surface area contributed by atoms with Crippen LogP contribution in [0.5, 0.6) is 5.75 Å². The maximum absolute atomic E-state index is 5.22.